The molecule has 2 heteroatoms. The quantitative estimate of drug-likeness (QED) is 0.838. The number of hydrogen-bond donors (Lipinski definition) is 0. The van der Waals surface area contributed by atoms with E-state index in [-0.39, 0.29) is 0 Å². The van der Waals surface area contributed by atoms with E-state index >= 15 is 0 Å². The van der Waals surface area contributed by atoms with Crippen LogP contribution in [0.25, 0.3) is 6.08 Å². The second-order valence-corrected chi connectivity index (χ2v) is 5.91. The highest BCUT2D eigenvalue weighted by molar-refractivity contribution is 5.53. The Hall–Kier alpha value is -2.06. The molecule has 1 aliphatic rings. The van der Waals surface area contributed by atoms with Crippen molar-refractivity contribution in [2.45, 2.75) is 18.4 Å². The van der Waals surface area contributed by atoms with E-state index < -0.39 is 0 Å². The molecule has 0 spiro atoms. The molecule has 0 saturated carbocycles. The van der Waals surface area contributed by atoms with Gasteiger partial charge in [-0.3, -0.25) is 4.90 Å². The lowest BCUT2D eigenvalue weighted by atomic mass is 9.91. The van der Waals surface area contributed by atoms with E-state index in [1.165, 1.54) is 17.5 Å². The first-order chi connectivity index (χ1) is 10.8. The monoisotopic (exact) mass is 293 g/mol. The van der Waals surface area contributed by atoms with E-state index in [2.05, 4.69) is 66.6 Å². The Morgan fingerprint density at radius 3 is 2.68 bits per heavy atom. The maximum Gasteiger partial charge on any atom is 0.119 e. The molecule has 2 aromatic carbocycles. The molecule has 0 N–H and O–H groups in total. The average Bonchev–Trinajstić information content (AvgIpc) is 2.95. The van der Waals surface area contributed by atoms with Crippen LogP contribution in [-0.4, -0.2) is 31.6 Å². The molecule has 0 aromatic heterocycles. The van der Waals surface area contributed by atoms with Crippen molar-refractivity contribution < 1.29 is 4.74 Å². The highest BCUT2D eigenvalue weighted by atomic mass is 16.5. The van der Waals surface area contributed by atoms with E-state index in [0.29, 0.717) is 12.0 Å². The van der Waals surface area contributed by atoms with E-state index in [9.17, 15) is 0 Å². The lowest BCUT2D eigenvalue weighted by Crippen LogP contribution is -2.26. The van der Waals surface area contributed by atoms with Gasteiger partial charge in [0.05, 0.1) is 7.11 Å². The molecule has 0 amide bonds. The molecule has 22 heavy (non-hydrogen) atoms. The summed E-state index contributed by atoms with van der Waals surface area (Å²) in [6, 6.07) is 19.5. The van der Waals surface area contributed by atoms with E-state index in [1.807, 2.05) is 12.1 Å². The van der Waals surface area contributed by atoms with Gasteiger partial charge in [-0.05, 0) is 43.3 Å². The summed E-state index contributed by atoms with van der Waals surface area (Å²) in [5.41, 5.74) is 2.62. The normalized spacial score (nSPS) is 22.3. The number of rotatable bonds is 4. The van der Waals surface area contributed by atoms with E-state index in [4.69, 9.17) is 4.74 Å². The summed E-state index contributed by atoms with van der Waals surface area (Å²) in [7, 11) is 3.92. The van der Waals surface area contributed by atoms with E-state index in [1.54, 1.807) is 7.11 Å². The third-order valence-electron chi connectivity index (χ3n) is 4.52. The van der Waals surface area contributed by atoms with Crippen LogP contribution in [0.15, 0.2) is 60.7 Å². The lowest BCUT2D eigenvalue weighted by Gasteiger charge is -2.22. The first kappa shape index (κ1) is 14.9. The number of nitrogens with zero attached hydrogens (tertiary/aromatic N) is 1. The van der Waals surface area contributed by atoms with Crippen LogP contribution in [0, 0.1) is 0 Å². The van der Waals surface area contributed by atoms with Gasteiger partial charge in [0, 0.05) is 12.0 Å². The molecule has 3 rings (SSSR count). The van der Waals surface area contributed by atoms with Gasteiger partial charge in [0.25, 0.3) is 0 Å². The highest BCUT2D eigenvalue weighted by Gasteiger charge is 2.30. The van der Waals surface area contributed by atoms with Gasteiger partial charge in [-0.1, -0.05) is 54.6 Å². The Labute approximate surface area is 133 Å². The van der Waals surface area contributed by atoms with Crippen molar-refractivity contribution in [3.05, 3.63) is 71.8 Å². The van der Waals surface area contributed by atoms with Crippen molar-refractivity contribution in [2.24, 2.45) is 0 Å². The maximum absolute atomic E-state index is 5.29. The van der Waals surface area contributed by atoms with Gasteiger partial charge in [-0.15, -0.1) is 0 Å². The summed E-state index contributed by atoms with van der Waals surface area (Å²) in [5, 5.41) is 0. The van der Waals surface area contributed by atoms with Gasteiger partial charge in [0.2, 0.25) is 0 Å². The summed E-state index contributed by atoms with van der Waals surface area (Å²) in [4.78, 5) is 2.44. The zero-order valence-corrected chi connectivity index (χ0v) is 13.3. The number of hydrogen-bond acceptors (Lipinski definition) is 2. The molecule has 0 bridgehead atoms. The fraction of sp³-hybridized carbons (Fsp3) is 0.300. The Bertz CT molecular complexity index is 635. The standard InChI is InChI=1S/C20H23NO/c1-21-14-13-19(17-8-4-3-5-9-17)20(21)12-11-16-7-6-10-18(15-16)22-2/h3-12,15,19-20H,13-14H2,1-2H3/b12-11+/t19-,20-/m1/s1. The van der Waals surface area contributed by atoms with Crippen molar-refractivity contribution in [3.8, 4) is 5.75 Å². The van der Waals surface area contributed by atoms with Gasteiger partial charge in [-0.2, -0.15) is 0 Å². The molecule has 114 valence electrons. The Morgan fingerprint density at radius 2 is 1.91 bits per heavy atom. The predicted molar refractivity (Wildman–Crippen MR) is 92.2 cm³/mol. The predicted octanol–water partition coefficient (Wildman–Crippen LogP) is 4.20. The van der Waals surface area contributed by atoms with Crippen LogP contribution in [0.1, 0.15) is 23.5 Å². The van der Waals surface area contributed by atoms with Crippen LogP contribution in [-0.2, 0) is 0 Å². The van der Waals surface area contributed by atoms with Gasteiger partial charge < -0.3 is 4.74 Å². The number of ether oxygens (including phenoxy) is 1. The van der Waals surface area contributed by atoms with Crippen LogP contribution in [0.2, 0.25) is 0 Å². The first-order valence-corrected chi connectivity index (χ1v) is 7.85. The fourth-order valence-electron chi connectivity index (χ4n) is 3.27. The Balaban J connectivity index is 1.80. The van der Waals surface area contributed by atoms with Gasteiger partial charge >= 0.3 is 0 Å². The Morgan fingerprint density at radius 1 is 1.09 bits per heavy atom. The summed E-state index contributed by atoms with van der Waals surface area (Å²) in [5.74, 6) is 1.48. The third-order valence-corrected chi connectivity index (χ3v) is 4.52. The van der Waals surface area contributed by atoms with Crippen LogP contribution in [0.5, 0.6) is 5.75 Å². The second-order valence-electron chi connectivity index (χ2n) is 5.91. The summed E-state index contributed by atoms with van der Waals surface area (Å²) in [6.07, 6.45) is 5.76. The Kier molecular flexibility index (Phi) is 4.59. The molecule has 2 nitrogen and oxygen atoms in total. The minimum atomic E-state index is 0.452. The maximum atomic E-state index is 5.29. The fourth-order valence-corrected chi connectivity index (χ4v) is 3.27. The van der Waals surface area contributed by atoms with Crippen molar-refractivity contribution in [1.29, 1.82) is 0 Å². The summed E-state index contributed by atoms with van der Waals surface area (Å²) in [6.45, 7) is 1.15. The number of likely N-dealkylation sites (N-methyl/N-ethyl adjacent to an activating group) is 1. The molecule has 0 unspecified atom stereocenters. The zero-order chi connectivity index (χ0) is 15.4. The SMILES string of the molecule is COc1cccc(/C=C/[C@@H]2[C@@H](c3ccccc3)CCN2C)c1. The van der Waals surface area contributed by atoms with E-state index in [0.717, 1.165) is 12.3 Å². The van der Waals surface area contributed by atoms with Crippen LogP contribution >= 0.6 is 0 Å². The minimum absolute atomic E-state index is 0.452. The summed E-state index contributed by atoms with van der Waals surface area (Å²) >= 11 is 0. The first-order valence-electron chi connectivity index (χ1n) is 7.85. The van der Waals surface area contributed by atoms with Gasteiger partial charge in [0.15, 0.2) is 0 Å². The van der Waals surface area contributed by atoms with Gasteiger partial charge in [0.1, 0.15) is 5.75 Å². The molecular formula is C20H23NO. The average molecular weight is 293 g/mol. The smallest absolute Gasteiger partial charge is 0.119 e. The van der Waals surface area contributed by atoms with Crippen LogP contribution in [0.4, 0.5) is 0 Å². The lowest BCUT2D eigenvalue weighted by molar-refractivity contribution is 0.347. The van der Waals surface area contributed by atoms with Gasteiger partial charge in [-0.25, -0.2) is 0 Å². The van der Waals surface area contributed by atoms with Crippen molar-refractivity contribution in [1.82, 2.24) is 4.90 Å². The van der Waals surface area contributed by atoms with Crippen molar-refractivity contribution in [2.75, 3.05) is 20.7 Å². The van der Waals surface area contributed by atoms with Crippen molar-refractivity contribution >= 4 is 6.08 Å². The number of likely N-dealkylation sites (tertiary alicyclic amines) is 1. The molecule has 0 aliphatic carbocycles. The molecule has 0 radical (unpaired) electrons. The molecule has 2 atom stereocenters. The minimum Gasteiger partial charge on any atom is -0.497 e. The molecule has 2 aromatic rings. The second kappa shape index (κ2) is 6.80. The van der Waals surface area contributed by atoms with Crippen LogP contribution in [0.3, 0.4) is 0 Å². The molecule has 1 aliphatic heterocycles. The largest absolute Gasteiger partial charge is 0.497 e. The number of benzene rings is 2. The van der Waals surface area contributed by atoms with Crippen molar-refractivity contribution in [3.63, 3.8) is 0 Å². The van der Waals surface area contributed by atoms with Crippen LogP contribution < -0.4 is 4.74 Å². The molecule has 1 heterocycles. The third kappa shape index (κ3) is 3.23. The molecular weight excluding hydrogens is 270 g/mol. The highest BCUT2D eigenvalue weighted by Crippen LogP contribution is 2.33. The number of methoxy groups -OCH3 is 1. The zero-order valence-electron chi connectivity index (χ0n) is 13.3. The topological polar surface area (TPSA) is 12.5 Å². The summed E-state index contributed by atoms with van der Waals surface area (Å²) < 4.78 is 5.29. The molecule has 1 fully saturated rings. The molecule has 1 saturated heterocycles.